The smallest absolute Gasteiger partial charge is 0.220 e. The van der Waals surface area contributed by atoms with Crippen LogP contribution in [0, 0.1) is 18.7 Å². The summed E-state index contributed by atoms with van der Waals surface area (Å²) in [6.45, 7) is 3.61. The van der Waals surface area contributed by atoms with Crippen molar-refractivity contribution < 1.29 is 13.9 Å². The average Bonchev–Trinajstić information content (AvgIpc) is 2.83. The Morgan fingerprint density at radius 2 is 2.39 bits per heavy atom. The van der Waals surface area contributed by atoms with E-state index in [0.29, 0.717) is 31.1 Å². The highest BCUT2D eigenvalue weighted by molar-refractivity contribution is 5.76. The molecule has 1 fully saturated rings. The molecule has 1 N–H and O–H groups in total. The molecule has 0 radical (unpaired) electrons. The van der Waals surface area contributed by atoms with Crippen LogP contribution in [-0.2, 0) is 16.1 Å². The van der Waals surface area contributed by atoms with Crippen molar-refractivity contribution in [1.29, 1.82) is 0 Å². The molecule has 1 aliphatic heterocycles. The number of halogens is 1. The third-order valence-electron chi connectivity index (χ3n) is 3.21. The fourth-order valence-electron chi connectivity index (χ4n) is 2.10. The lowest BCUT2D eigenvalue weighted by molar-refractivity contribution is -0.122. The molecule has 1 aromatic rings. The third-order valence-corrected chi connectivity index (χ3v) is 3.21. The highest BCUT2D eigenvalue weighted by Gasteiger charge is 2.18. The van der Waals surface area contributed by atoms with Gasteiger partial charge in [0, 0.05) is 26.2 Å². The molecular formula is C14H18FNO2. The lowest BCUT2D eigenvalue weighted by Gasteiger charge is -2.09. The molecule has 1 aromatic carbocycles. The maximum atomic E-state index is 13.1. The minimum atomic E-state index is -0.215. The van der Waals surface area contributed by atoms with Gasteiger partial charge in [-0.05, 0) is 36.5 Å². The van der Waals surface area contributed by atoms with Crippen molar-refractivity contribution in [2.24, 2.45) is 5.92 Å². The van der Waals surface area contributed by atoms with E-state index in [2.05, 4.69) is 5.32 Å². The Kier molecular flexibility index (Phi) is 4.31. The maximum Gasteiger partial charge on any atom is 0.220 e. The molecule has 1 atom stereocenters. The van der Waals surface area contributed by atoms with Crippen LogP contribution >= 0.6 is 0 Å². The number of amides is 1. The number of carbonyl (C=O) groups is 1. The number of ether oxygens (including phenoxy) is 1. The van der Waals surface area contributed by atoms with Crippen molar-refractivity contribution in [2.45, 2.75) is 26.3 Å². The second-order valence-corrected chi connectivity index (χ2v) is 4.79. The largest absolute Gasteiger partial charge is 0.381 e. The number of rotatable bonds is 4. The van der Waals surface area contributed by atoms with Gasteiger partial charge < -0.3 is 10.1 Å². The van der Waals surface area contributed by atoms with Crippen molar-refractivity contribution in [1.82, 2.24) is 5.32 Å². The number of benzene rings is 1. The Hall–Kier alpha value is -1.42. The molecule has 0 aliphatic carbocycles. The van der Waals surface area contributed by atoms with Crippen LogP contribution in [0.5, 0.6) is 0 Å². The van der Waals surface area contributed by atoms with Gasteiger partial charge in [-0.3, -0.25) is 4.79 Å². The molecule has 1 saturated heterocycles. The molecule has 0 unspecified atom stereocenters. The first kappa shape index (κ1) is 13.0. The second-order valence-electron chi connectivity index (χ2n) is 4.79. The Morgan fingerprint density at radius 1 is 1.56 bits per heavy atom. The molecule has 1 amide bonds. The fraction of sp³-hybridized carbons (Fsp3) is 0.500. The Labute approximate surface area is 106 Å². The molecule has 18 heavy (non-hydrogen) atoms. The predicted molar refractivity (Wildman–Crippen MR) is 66.5 cm³/mol. The summed E-state index contributed by atoms with van der Waals surface area (Å²) in [4.78, 5) is 11.7. The molecule has 2 rings (SSSR count). The van der Waals surface area contributed by atoms with Crippen LogP contribution in [0.25, 0.3) is 0 Å². The lowest BCUT2D eigenvalue weighted by Crippen LogP contribution is -2.25. The highest BCUT2D eigenvalue weighted by atomic mass is 19.1. The summed E-state index contributed by atoms with van der Waals surface area (Å²) in [6.07, 6.45) is 1.48. The van der Waals surface area contributed by atoms with Gasteiger partial charge in [-0.15, -0.1) is 0 Å². The number of hydrogen-bond acceptors (Lipinski definition) is 2. The summed E-state index contributed by atoms with van der Waals surface area (Å²) in [5, 5.41) is 2.86. The zero-order valence-corrected chi connectivity index (χ0v) is 10.5. The summed E-state index contributed by atoms with van der Waals surface area (Å²) in [7, 11) is 0. The Bertz CT molecular complexity index is 428. The van der Waals surface area contributed by atoms with Crippen LogP contribution in [0.3, 0.4) is 0 Å². The molecule has 98 valence electrons. The van der Waals surface area contributed by atoms with Crippen LogP contribution < -0.4 is 5.32 Å². The zero-order valence-electron chi connectivity index (χ0n) is 10.5. The van der Waals surface area contributed by atoms with E-state index in [9.17, 15) is 9.18 Å². The van der Waals surface area contributed by atoms with E-state index in [1.165, 1.54) is 6.07 Å². The van der Waals surface area contributed by atoms with Gasteiger partial charge in [0.15, 0.2) is 0 Å². The first-order valence-corrected chi connectivity index (χ1v) is 6.24. The monoisotopic (exact) mass is 251 g/mol. The second kappa shape index (κ2) is 5.96. The molecule has 3 nitrogen and oxygen atoms in total. The maximum absolute atomic E-state index is 13.1. The van der Waals surface area contributed by atoms with Crippen LogP contribution in [0.4, 0.5) is 4.39 Å². The van der Waals surface area contributed by atoms with Gasteiger partial charge >= 0.3 is 0 Å². The molecule has 4 heteroatoms. The van der Waals surface area contributed by atoms with E-state index >= 15 is 0 Å². The predicted octanol–water partition coefficient (Wildman–Crippen LogP) is 2.18. The minimum absolute atomic E-state index is 0.0347. The number of nitrogens with one attached hydrogen (secondary N) is 1. The molecule has 0 spiro atoms. The zero-order chi connectivity index (χ0) is 13.0. The van der Waals surface area contributed by atoms with Crippen LogP contribution in [0.2, 0.25) is 0 Å². The van der Waals surface area contributed by atoms with Crippen LogP contribution in [0.1, 0.15) is 24.0 Å². The van der Waals surface area contributed by atoms with Gasteiger partial charge in [-0.1, -0.05) is 12.1 Å². The van der Waals surface area contributed by atoms with E-state index < -0.39 is 0 Å². The van der Waals surface area contributed by atoms with Crippen molar-refractivity contribution in [3.05, 3.63) is 35.1 Å². The lowest BCUT2D eigenvalue weighted by atomic mass is 10.0. The van der Waals surface area contributed by atoms with E-state index in [0.717, 1.165) is 18.6 Å². The van der Waals surface area contributed by atoms with E-state index in [1.807, 2.05) is 0 Å². The quantitative estimate of drug-likeness (QED) is 0.890. The normalized spacial score (nSPS) is 18.9. The average molecular weight is 251 g/mol. The first-order valence-electron chi connectivity index (χ1n) is 6.24. The van der Waals surface area contributed by atoms with Gasteiger partial charge in [0.25, 0.3) is 0 Å². The summed E-state index contributed by atoms with van der Waals surface area (Å²) in [6, 6.07) is 4.89. The number of hydrogen-bond donors (Lipinski definition) is 1. The Balaban J connectivity index is 1.79. The van der Waals surface area contributed by atoms with E-state index in [-0.39, 0.29) is 11.7 Å². The molecular weight excluding hydrogens is 233 g/mol. The molecule has 0 aromatic heterocycles. The summed E-state index contributed by atoms with van der Waals surface area (Å²) >= 11 is 0. The molecule has 1 heterocycles. The number of aryl methyl sites for hydroxylation is 1. The standard InChI is InChI=1S/C14H18FNO2/c1-10-6-11(2-3-13(10)15)8-16-14(17)7-12-4-5-18-9-12/h2-3,6,12H,4-5,7-9H2,1H3,(H,16,17)/t12-/m1/s1. The summed E-state index contributed by atoms with van der Waals surface area (Å²) in [5.74, 6) is 0.167. The fourth-order valence-corrected chi connectivity index (χ4v) is 2.10. The minimum Gasteiger partial charge on any atom is -0.381 e. The van der Waals surface area contributed by atoms with Crippen LogP contribution in [-0.4, -0.2) is 19.1 Å². The van der Waals surface area contributed by atoms with Gasteiger partial charge in [-0.2, -0.15) is 0 Å². The SMILES string of the molecule is Cc1cc(CNC(=O)C[C@H]2CCOC2)ccc1F. The van der Waals surface area contributed by atoms with Crippen molar-refractivity contribution in [3.8, 4) is 0 Å². The van der Waals surface area contributed by atoms with Gasteiger partial charge in [0.2, 0.25) is 5.91 Å². The van der Waals surface area contributed by atoms with Crippen molar-refractivity contribution in [2.75, 3.05) is 13.2 Å². The Morgan fingerprint density at radius 3 is 3.06 bits per heavy atom. The highest BCUT2D eigenvalue weighted by Crippen LogP contribution is 2.16. The van der Waals surface area contributed by atoms with Gasteiger partial charge in [0.1, 0.15) is 5.82 Å². The molecule has 1 aliphatic rings. The third kappa shape index (κ3) is 3.53. The topological polar surface area (TPSA) is 38.3 Å². The molecule has 0 saturated carbocycles. The van der Waals surface area contributed by atoms with Crippen molar-refractivity contribution in [3.63, 3.8) is 0 Å². The van der Waals surface area contributed by atoms with Crippen LogP contribution in [0.15, 0.2) is 18.2 Å². The van der Waals surface area contributed by atoms with Gasteiger partial charge in [0.05, 0.1) is 0 Å². The summed E-state index contributed by atoms with van der Waals surface area (Å²) in [5.41, 5.74) is 1.52. The van der Waals surface area contributed by atoms with E-state index in [1.54, 1.807) is 19.1 Å². The summed E-state index contributed by atoms with van der Waals surface area (Å²) < 4.78 is 18.3. The molecule has 0 bridgehead atoms. The van der Waals surface area contributed by atoms with Crippen molar-refractivity contribution >= 4 is 5.91 Å². The first-order chi connectivity index (χ1) is 8.65. The van der Waals surface area contributed by atoms with Gasteiger partial charge in [-0.25, -0.2) is 4.39 Å². The number of carbonyl (C=O) groups excluding carboxylic acids is 1. The van der Waals surface area contributed by atoms with E-state index in [4.69, 9.17) is 4.74 Å².